The lowest BCUT2D eigenvalue weighted by atomic mass is 10.2. The first kappa shape index (κ1) is 9.58. The molecule has 1 aromatic rings. The van der Waals surface area contributed by atoms with Crippen LogP contribution in [0.25, 0.3) is 0 Å². The predicted octanol–water partition coefficient (Wildman–Crippen LogP) is -0.0517. The molecule has 1 aromatic carbocycles. The van der Waals surface area contributed by atoms with Gasteiger partial charge in [-0.05, 0) is 5.56 Å². The minimum Gasteiger partial charge on any atom is -0.267 e. The normalized spacial score (nSPS) is 7.73. The predicted molar refractivity (Wildman–Crippen MR) is 38.5 cm³/mol. The average Bonchev–Trinajstić information content (AvgIpc) is 2.08. The fourth-order valence-electron chi connectivity index (χ4n) is 0.574. The number of hydrogen-bond acceptors (Lipinski definition) is 2. The summed E-state index contributed by atoms with van der Waals surface area (Å²) >= 11 is 0. The van der Waals surface area contributed by atoms with E-state index in [0.717, 1.165) is 5.56 Å². The van der Waals surface area contributed by atoms with E-state index in [9.17, 15) is 5.11 Å². The molecule has 0 saturated carbocycles. The van der Waals surface area contributed by atoms with Crippen molar-refractivity contribution < 1.29 is 10.4 Å². The molecule has 4 nitrogen and oxygen atoms in total. The van der Waals surface area contributed by atoms with Crippen LogP contribution in [0.3, 0.4) is 0 Å². The molecular weight excluding hydrogens is 146 g/mol. The summed E-state index contributed by atoms with van der Waals surface area (Å²) in [6.07, 6.45) is 0. The molecule has 1 rings (SSSR count). The highest BCUT2D eigenvalue weighted by atomic mass is 16.6. The molecular formula is C7H8NO3. The molecule has 11 heavy (non-hydrogen) atoms. The lowest BCUT2D eigenvalue weighted by Gasteiger charge is -1.87. The van der Waals surface area contributed by atoms with Crippen molar-refractivity contribution >= 4 is 0 Å². The zero-order chi connectivity index (χ0) is 8.53. The summed E-state index contributed by atoms with van der Waals surface area (Å²) in [5.74, 6) is 0. The minimum absolute atomic E-state index is 0.110. The molecule has 0 saturated heterocycles. The molecule has 0 aliphatic heterocycles. The number of nitrogens with one attached hydrogen (secondary N) is 1. The van der Waals surface area contributed by atoms with Crippen LogP contribution in [0.2, 0.25) is 0 Å². The van der Waals surface area contributed by atoms with Crippen molar-refractivity contribution in [1.82, 2.24) is 0 Å². The Hall–Kier alpha value is -1.42. The molecule has 0 heterocycles. The summed E-state index contributed by atoms with van der Waals surface area (Å²) in [6, 6.07) is 9.29. The topological polar surface area (TPSA) is 74.0 Å². The number of hydrogen-bond donors (Lipinski definition) is 1. The van der Waals surface area contributed by atoms with Crippen molar-refractivity contribution in [2.24, 2.45) is 0 Å². The Morgan fingerprint density at radius 2 is 1.73 bits per heavy atom. The first-order valence-corrected chi connectivity index (χ1v) is 2.96. The van der Waals surface area contributed by atoms with Crippen LogP contribution in [0.4, 0.5) is 0 Å². The largest absolute Gasteiger partial charge is 0.267 e. The SMILES string of the molecule is O=[NH+][O-].[O]Cc1ccccc1. The summed E-state index contributed by atoms with van der Waals surface area (Å²) in [7, 11) is 0. The maximum atomic E-state index is 10.1. The van der Waals surface area contributed by atoms with Gasteiger partial charge in [-0.15, -0.1) is 0 Å². The first-order chi connectivity index (χ1) is 5.35. The van der Waals surface area contributed by atoms with Gasteiger partial charge in [0, 0.05) is 5.34 Å². The fraction of sp³-hybridized carbons (Fsp3) is 0.143. The lowest BCUT2D eigenvalue weighted by Crippen LogP contribution is -2.53. The van der Waals surface area contributed by atoms with Crippen LogP contribution in [0.5, 0.6) is 0 Å². The van der Waals surface area contributed by atoms with E-state index in [4.69, 9.17) is 10.1 Å². The van der Waals surface area contributed by atoms with Crippen molar-refractivity contribution in [1.29, 1.82) is 0 Å². The van der Waals surface area contributed by atoms with Crippen LogP contribution < -0.4 is 5.34 Å². The van der Waals surface area contributed by atoms with Crippen molar-refractivity contribution in [3.63, 3.8) is 0 Å². The molecule has 0 aliphatic rings. The van der Waals surface area contributed by atoms with Crippen LogP contribution in [-0.4, -0.2) is 0 Å². The van der Waals surface area contributed by atoms with Gasteiger partial charge in [0.2, 0.25) is 0 Å². The summed E-state index contributed by atoms with van der Waals surface area (Å²) in [6.45, 7) is -0.110. The third-order valence-corrected chi connectivity index (χ3v) is 1.01. The molecule has 0 atom stereocenters. The highest BCUT2D eigenvalue weighted by Crippen LogP contribution is 1.95. The van der Waals surface area contributed by atoms with Gasteiger partial charge in [-0.2, -0.15) is 0 Å². The Bertz CT molecular complexity index is 188. The van der Waals surface area contributed by atoms with E-state index >= 15 is 0 Å². The molecule has 0 spiro atoms. The van der Waals surface area contributed by atoms with Crippen LogP contribution in [0, 0.1) is 10.1 Å². The van der Waals surface area contributed by atoms with Gasteiger partial charge in [0.25, 0.3) is 0 Å². The Morgan fingerprint density at radius 3 is 2.00 bits per heavy atom. The average molecular weight is 154 g/mol. The van der Waals surface area contributed by atoms with Gasteiger partial charge in [-0.3, -0.25) is 10.1 Å². The number of rotatable bonds is 1. The second-order valence-corrected chi connectivity index (χ2v) is 1.71. The summed E-state index contributed by atoms with van der Waals surface area (Å²) < 4.78 is 0. The highest BCUT2D eigenvalue weighted by molar-refractivity contribution is 5.12. The molecule has 4 heteroatoms. The van der Waals surface area contributed by atoms with Gasteiger partial charge in [-0.1, -0.05) is 30.3 Å². The standard InChI is InChI=1S/C7H7O.HNO2/c8-6-7-4-2-1-3-5-7;2-1-3/h1-5H,6H2;1H. The summed E-state index contributed by atoms with van der Waals surface area (Å²) in [5.41, 5.74) is 0.854. The fourth-order valence-corrected chi connectivity index (χ4v) is 0.574. The Kier molecular flexibility index (Phi) is 5.83. The molecule has 0 fully saturated rings. The van der Waals surface area contributed by atoms with E-state index in [1.807, 2.05) is 30.3 Å². The molecule has 0 amide bonds. The Morgan fingerprint density at radius 1 is 1.27 bits per heavy atom. The molecule has 59 valence electrons. The third-order valence-electron chi connectivity index (χ3n) is 1.01. The lowest BCUT2D eigenvalue weighted by molar-refractivity contribution is -0.398. The molecule has 0 unspecified atom stereocenters. The smallest absolute Gasteiger partial charge is 0.107 e. The maximum absolute atomic E-state index is 10.1. The quantitative estimate of drug-likeness (QED) is 0.454. The second-order valence-electron chi connectivity index (χ2n) is 1.71. The van der Waals surface area contributed by atoms with Crippen molar-refractivity contribution in [2.75, 3.05) is 0 Å². The van der Waals surface area contributed by atoms with Gasteiger partial charge < -0.3 is 0 Å². The minimum atomic E-state index is -0.110. The van der Waals surface area contributed by atoms with Crippen molar-refractivity contribution in [3.05, 3.63) is 46.0 Å². The van der Waals surface area contributed by atoms with Gasteiger partial charge in [0.05, 0.1) is 0 Å². The van der Waals surface area contributed by atoms with Gasteiger partial charge in [-0.25, -0.2) is 5.11 Å². The molecule has 0 bridgehead atoms. The zero-order valence-corrected chi connectivity index (χ0v) is 5.82. The van der Waals surface area contributed by atoms with E-state index in [1.165, 1.54) is 0 Å². The monoisotopic (exact) mass is 154 g/mol. The molecule has 1 radical (unpaired) electrons. The van der Waals surface area contributed by atoms with Gasteiger partial charge in [0.1, 0.15) is 6.61 Å². The summed E-state index contributed by atoms with van der Waals surface area (Å²) in [4.78, 5) is 8.12. The van der Waals surface area contributed by atoms with Crippen LogP contribution in [0.15, 0.2) is 30.3 Å². The van der Waals surface area contributed by atoms with E-state index < -0.39 is 0 Å². The number of benzene rings is 1. The third kappa shape index (κ3) is 5.05. The van der Waals surface area contributed by atoms with E-state index in [0.29, 0.717) is 0 Å². The van der Waals surface area contributed by atoms with E-state index in [-0.39, 0.29) is 11.9 Å². The Balaban J connectivity index is 0.000000292. The van der Waals surface area contributed by atoms with E-state index in [2.05, 4.69) is 0 Å². The van der Waals surface area contributed by atoms with Gasteiger partial charge in [0.15, 0.2) is 0 Å². The molecule has 1 N–H and O–H groups in total. The highest BCUT2D eigenvalue weighted by Gasteiger charge is 1.82. The van der Waals surface area contributed by atoms with E-state index in [1.54, 1.807) is 0 Å². The van der Waals surface area contributed by atoms with Crippen LogP contribution in [0.1, 0.15) is 5.56 Å². The maximum Gasteiger partial charge on any atom is 0.107 e. The first-order valence-electron chi connectivity index (χ1n) is 2.96. The molecule has 0 aliphatic carbocycles. The second kappa shape index (κ2) is 6.70. The van der Waals surface area contributed by atoms with Crippen LogP contribution in [-0.2, 0) is 11.7 Å². The van der Waals surface area contributed by atoms with Gasteiger partial charge >= 0.3 is 0 Å². The van der Waals surface area contributed by atoms with Crippen LogP contribution >= 0.6 is 0 Å². The van der Waals surface area contributed by atoms with Crippen molar-refractivity contribution in [2.45, 2.75) is 6.61 Å². The summed E-state index contributed by atoms with van der Waals surface area (Å²) in [5, 5.41) is 18.5. The Labute approximate surface area is 64.0 Å². The van der Waals surface area contributed by atoms with Crippen molar-refractivity contribution in [3.8, 4) is 0 Å². The molecule has 0 aromatic heterocycles. The zero-order valence-electron chi connectivity index (χ0n) is 5.82.